The molecule has 0 fully saturated rings. The zero-order valence-corrected chi connectivity index (χ0v) is 21.7. The zero-order chi connectivity index (χ0) is 25.4. The van der Waals surface area contributed by atoms with E-state index < -0.39 is 0 Å². The van der Waals surface area contributed by atoms with Crippen molar-refractivity contribution in [2.75, 3.05) is 31.8 Å². The maximum Gasteiger partial charge on any atom is 0.142 e. The van der Waals surface area contributed by atoms with Gasteiger partial charge in [0.15, 0.2) is 0 Å². The Morgan fingerprint density at radius 1 is 0.528 bits per heavy atom. The van der Waals surface area contributed by atoms with Crippen LogP contribution in [-0.4, -0.2) is 20.3 Å². The van der Waals surface area contributed by atoms with Crippen molar-refractivity contribution in [3.63, 3.8) is 0 Å². The van der Waals surface area contributed by atoms with Crippen molar-refractivity contribution in [2.24, 2.45) is 0 Å². The molecule has 0 spiro atoms. The highest BCUT2D eigenvalue weighted by molar-refractivity contribution is 5.65. The highest BCUT2D eigenvalue weighted by Gasteiger charge is 2.02. The van der Waals surface area contributed by atoms with Crippen molar-refractivity contribution in [3.8, 4) is 28.4 Å². The summed E-state index contributed by atoms with van der Waals surface area (Å²) >= 11 is 0. The summed E-state index contributed by atoms with van der Waals surface area (Å²) in [5.41, 5.74) is 15.3. The van der Waals surface area contributed by atoms with E-state index in [0.29, 0.717) is 18.0 Å². The molecule has 3 aromatic carbocycles. The minimum Gasteiger partial charge on any atom is -0.497 e. The lowest BCUT2D eigenvalue weighted by atomic mass is 10.1. The molecule has 3 rings (SSSR count). The molecule has 0 aliphatic carbocycles. The van der Waals surface area contributed by atoms with E-state index in [0.717, 1.165) is 36.7 Å². The molecule has 0 amide bonds. The fraction of sp³-hybridized carbons (Fsp3) is 0.419. The lowest BCUT2D eigenvalue weighted by molar-refractivity contribution is 0.303. The monoisotopic (exact) mass is 490 g/mol. The van der Waals surface area contributed by atoms with Crippen molar-refractivity contribution < 1.29 is 14.2 Å². The lowest BCUT2D eigenvalue weighted by Gasteiger charge is -2.09. The first-order chi connectivity index (χ1) is 17.7. The average Bonchev–Trinajstić information content (AvgIpc) is 2.90. The highest BCUT2D eigenvalue weighted by atomic mass is 16.5. The standard InChI is InChI=1S/C31H42N2O3/c1-34-28-17-12-25(13-18-28)26-14-19-29(20-15-26)35-22-10-8-6-4-2-3-5-7-9-11-23-36-31-21-16-27(32)24-30(31)33/h12-21,24H,2-11,22-23,32-33H2,1H3. The van der Waals surface area contributed by atoms with Crippen LogP contribution in [0, 0.1) is 0 Å². The Kier molecular flexibility index (Phi) is 11.8. The summed E-state index contributed by atoms with van der Waals surface area (Å²) in [6, 6.07) is 21.9. The topological polar surface area (TPSA) is 79.7 Å². The summed E-state index contributed by atoms with van der Waals surface area (Å²) in [7, 11) is 1.68. The molecule has 0 bridgehead atoms. The number of anilines is 2. The van der Waals surface area contributed by atoms with Crippen molar-refractivity contribution in [1.82, 2.24) is 0 Å². The molecule has 0 saturated heterocycles. The molecule has 0 aliphatic rings. The molecule has 5 heteroatoms. The zero-order valence-electron chi connectivity index (χ0n) is 21.7. The van der Waals surface area contributed by atoms with Crippen LogP contribution in [-0.2, 0) is 0 Å². The molecule has 0 saturated carbocycles. The minimum absolute atomic E-state index is 0.612. The number of nitrogens with two attached hydrogens (primary N) is 2. The van der Waals surface area contributed by atoms with E-state index in [-0.39, 0.29) is 0 Å². The molecule has 36 heavy (non-hydrogen) atoms. The second-order valence-electron chi connectivity index (χ2n) is 9.28. The molecule has 0 aromatic heterocycles. The molecule has 0 heterocycles. The van der Waals surface area contributed by atoms with Gasteiger partial charge in [0, 0.05) is 5.69 Å². The van der Waals surface area contributed by atoms with Crippen molar-refractivity contribution in [1.29, 1.82) is 0 Å². The molecule has 3 aromatic rings. The molecule has 0 radical (unpaired) electrons. The summed E-state index contributed by atoms with van der Waals surface area (Å²) in [6.07, 6.45) is 12.4. The number of unbranched alkanes of at least 4 members (excludes halogenated alkanes) is 9. The van der Waals surface area contributed by atoms with E-state index in [1.807, 2.05) is 24.3 Å². The summed E-state index contributed by atoms with van der Waals surface area (Å²) in [5, 5.41) is 0. The fourth-order valence-corrected chi connectivity index (χ4v) is 4.22. The van der Waals surface area contributed by atoms with E-state index in [2.05, 4.69) is 36.4 Å². The highest BCUT2D eigenvalue weighted by Crippen LogP contribution is 2.25. The third kappa shape index (κ3) is 9.73. The predicted octanol–water partition coefficient (Wildman–Crippen LogP) is 7.89. The Bertz CT molecular complexity index is 1000. The van der Waals surface area contributed by atoms with Gasteiger partial charge in [-0.05, 0) is 66.4 Å². The van der Waals surface area contributed by atoms with Gasteiger partial charge in [-0.1, -0.05) is 75.6 Å². The van der Waals surface area contributed by atoms with Crippen LogP contribution < -0.4 is 25.7 Å². The van der Waals surface area contributed by atoms with E-state index in [9.17, 15) is 0 Å². The number of hydrogen-bond acceptors (Lipinski definition) is 5. The molecular weight excluding hydrogens is 448 g/mol. The van der Waals surface area contributed by atoms with Crippen LogP contribution in [0.2, 0.25) is 0 Å². The van der Waals surface area contributed by atoms with Gasteiger partial charge in [0.25, 0.3) is 0 Å². The number of nitrogen functional groups attached to an aromatic ring is 2. The van der Waals surface area contributed by atoms with Crippen LogP contribution in [0.4, 0.5) is 11.4 Å². The van der Waals surface area contributed by atoms with Crippen LogP contribution in [0.3, 0.4) is 0 Å². The summed E-state index contributed by atoms with van der Waals surface area (Å²) < 4.78 is 16.9. The quantitative estimate of drug-likeness (QED) is 0.149. The van der Waals surface area contributed by atoms with Crippen LogP contribution in [0.25, 0.3) is 11.1 Å². The molecule has 5 nitrogen and oxygen atoms in total. The minimum atomic E-state index is 0.612. The Hall–Kier alpha value is -3.34. The number of methoxy groups -OCH3 is 1. The maximum absolute atomic E-state index is 5.92. The van der Waals surface area contributed by atoms with Gasteiger partial charge in [0.1, 0.15) is 17.2 Å². The number of rotatable bonds is 17. The van der Waals surface area contributed by atoms with Crippen LogP contribution >= 0.6 is 0 Å². The van der Waals surface area contributed by atoms with Gasteiger partial charge in [-0.2, -0.15) is 0 Å². The SMILES string of the molecule is COc1ccc(-c2ccc(OCCCCCCCCCCCCOc3ccc(N)cc3N)cc2)cc1. The summed E-state index contributed by atoms with van der Waals surface area (Å²) in [4.78, 5) is 0. The van der Waals surface area contributed by atoms with Gasteiger partial charge in [-0.15, -0.1) is 0 Å². The normalized spacial score (nSPS) is 10.8. The van der Waals surface area contributed by atoms with Crippen molar-refractivity contribution in [3.05, 3.63) is 66.7 Å². The van der Waals surface area contributed by atoms with Gasteiger partial charge in [0.2, 0.25) is 0 Å². The molecule has 194 valence electrons. The summed E-state index contributed by atoms with van der Waals surface area (Å²) in [6.45, 7) is 1.50. The Morgan fingerprint density at radius 2 is 1.00 bits per heavy atom. The maximum atomic E-state index is 5.92. The first kappa shape index (κ1) is 27.3. The van der Waals surface area contributed by atoms with E-state index in [4.69, 9.17) is 25.7 Å². The lowest BCUT2D eigenvalue weighted by Crippen LogP contribution is -2.01. The second kappa shape index (κ2) is 15.6. The number of hydrogen-bond donors (Lipinski definition) is 2. The first-order valence-electron chi connectivity index (χ1n) is 13.3. The molecular formula is C31H42N2O3. The van der Waals surface area contributed by atoms with Crippen molar-refractivity contribution in [2.45, 2.75) is 64.2 Å². The van der Waals surface area contributed by atoms with Gasteiger partial charge < -0.3 is 25.7 Å². The predicted molar refractivity (Wildman–Crippen MR) is 151 cm³/mol. The fourth-order valence-electron chi connectivity index (χ4n) is 4.22. The smallest absolute Gasteiger partial charge is 0.142 e. The molecule has 4 N–H and O–H groups in total. The van der Waals surface area contributed by atoms with Gasteiger partial charge in [-0.3, -0.25) is 0 Å². The van der Waals surface area contributed by atoms with Gasteiger partial charge >= 0.3 is 0 Å². The first-order valence-corrected chi connectivity index (χ1v) is 13.3. The molecule has 0 atom stereocenters. The van der Waals surface area contributed by atoms with Crippen molar-refractivity contribution >= 4 is 11.4 Å². The Morgan fingerprint density at radius 3 is 1.50 bits per heavy atom. The van der Waals surface area contributed by atoms with Crippen LogP contribution in [0.1, 0.15) is 64.2 Å². The third-order valence-corrected chi connectivity index (χ3v) is 6.38. The Balaban J connectivity index is 1.13. The third-order valence-electron chi connectivity index (χ3n) is 6.38. The molecule has 0 unspecified atom stereocenters. The Labute approximate surface area is 216 Å². The van der Waals surface area contributed by atoms with E-state index >= 15 is 0 Å². The average molecular weight is 491 g/mol. The summed E-state index contributed by atoms with van der Waals surface area (Å²) in [5.74, 6) is 2.55. The van der Waals surface area contributed by atoms with Gasteiger partial charge in [-0.25, -0.2) is 0 Å². The van der Waals surface area contributed by atoms with Gasteiger partial charge in [0.05, 0.1) is 26.0 Å². The number of benzene rings is 3. The van der Waals surface area contributed by atoms with E-state index in [1.165, 1.54) is 62.5 Å². The van der Waals surface area contributed by atoms with Crippen LogP contribution in [0.5, 0.6) is 17.2 Å². The van der Waals surface area contributed by atoms with Crippen LogP contribution in [0.15, 0.2) is 66.7 Å². The van der Waals surface area contributed by atoms with E-state index in [1.54, 1.807) is 13.2 Å². The molecule has 0 aliphatic heterocycles. The number of ether oxygens (including phenoxy) is 3. The second-order valence-corrected chi connectivity index (χ2v) is 9.28. The largest absolute Gasteiger partial charge is 0.497 e.